The molecular weight excluding hydrogens is 296 g/mol. The maximum atomic E-state index is 5.80. The van der Waals surface area contributed by atoms with Crippen LogP contribution in [-0.2, 0) is 19.6 Å². The minimum absolute atomic E-state index is 0.600. The Morgan fingerprint density at radius 1 is 0.792 bits per heavy atom. The molecule has 1 heterocycles. The monoisotopic (exact) mass is 318 g/mol. The zero-order valence-corrected chi connectivity index (χ0v) is 13.7. The van der Waals surface area contributed by atoms with Gasteiger partial charge in [-0.05, 0) is 35.4 Å². The molecule has 0 fully saturated rings. The number of hydrogen-bond donors (Lipinski definition) is 1. The van der Waals surface area contributed by atoms with Crippen molar-refractivity contribution in [3.05, 3.63) is 95.8 Å². The van der Waals surface area contributed by atoms with Gasteiger partial charge >= 0.3 is 0 Å². The average molecular weight is 318 g/mol. The van der Waals surface area contributed by atoms with Crippen LogP contribution in [0.2, 0.25) is 0 Å². The first-order chi connectivity index (χ1) is 11.9. The van der Waals surface area contributed by atoms with E-state index in [1.165, 1.54) is 11.1 Å². The average Bonchev–Trinajstić information content (AvgIpc) is 2.66. The van der Waals surface area contributed by atoms with Gasteiger partial charge < -0.3 is 10.1 Å². The van der Waals surface area contributed by atoms with Crippen molar-refractivity contribution in [3.63, 3.8) is 0 Å². The first kappa shape index (κ1) is 16.2. The number of ether oxygens (including phenoxy) is 1. The van der Waals surface area contributed by atoms with Crippen molar-refractivity contribution in [2.45, 2.75) is 19.6 Å². The van der Waals surface area contributed by atoms with E-state index < -0.39 is 0 Å². The zero-order valence-electron chi connectivity index (χ0n) is 13.7. The molecule has 3 heteroatoms. The van der Waals surface area contributed by atoms with Crippen LogP contribution in [0.1, 0.15) is 16.8 Å². The van der Waals surface area contributed by atoms with E-state index in [-0.39, 0.29) is 0 Å². The van der Waals surface area contributed by atoms with Crippen molar-refractivity contribution < 1.29 is 4.74 Å². The summed E-state index contributed by atoms with van der Waals surface area (Å²) in [4.78, 5) is 4.32. The maximum Gasteiger partial charge on any atom is 0.119 e. The molecule has 24 heavy (non-hydrogen) atoms. The van der Waals surface area contributed by atoms with Crippen LogP contribution in [-0.4, -0.2) is 11.5 Å². The van der Waals surface area contributed by atoms with Crippen LogP contribution >= 0.6 is 0 Å². The predicted molar refractivity (Wildman–Crippen MR) is 96.9 cm³/mol. The normalized spacial score (nSPS) is 10.5. The highest BCUT2D eigenvalue weighted by molar-refractivity contribution is 5.27. The number of benzene rings is 2. The summed E-state index contributed by atoms with van der Waals surface area (Å²) in [6.45, 7) is 2.37. The molecule has 1 aromatic heterocycles. The summed E-state index contributed by atoms with van der Waals surface area (Å²) in [5.74, 6) is 0.899. The van der Waals surface area contributed by atoms with Gasteiger partial charge in [-0.15, -0.1) is 0 Å². The van der Waals surface area contributed by atoms with Gasteiger partial charge in [0.15, 0.2) is 0 Å². The number of hydrogen-bond acceptors (Lipinski definition) is 3. The zero-order chi connectivity index (χ0) is 16.5. The van der Waals surface area contributed by atoms with Crippen LogP contribution in [0.15, 0.2) is 79.0 Å². The van der Waals surface area contributed by atoms with Gasteiger partial charge in [-0.25, -0.2) is 0 Å². The van der Waals surface area contributed by atoms with Crippen molar-refractivity contribution in [2.24, 2.45) is 0 Å². The molecule has 3 rings (SSSR count). The van der Waals surface area contributed by atoms with Crippen molar-refractivity contribution in [1.29, 1.82) is 0 Å². The molecule has 0 saturated carbocycles. The molecule has 0 amide bonds. The summed E-state index contributed by atoms with van der Waals surface area (Å²) in [5, 5.41) is 3.45. The van der Waals surface area contributed by atoms with E-state index in [4.69, 9.17) is 4.74 Å². The maximum absolute atomic E-state index is 5.80. The van der Waals surface area contributed by atoms with Crippen molar-refractivity contribution in [3.8, 4) is 5.75 Å². The highest BCUT2D eigenvalue weighted by Gasteiger charge is 1.98. The first-order valence-electron chi connectivity index (χ1n) is 8.26. The smallest absolute Gasteiger partial charge is 0.119 e. The summed E-state index contributed by atoms with van der Waals surface area (Å²) in [6.07, 6.45) is 2.78. The van der Waals surface area contributed by atoms with Crippen LogP contribution in [0.25, 0.3) is 0 Å². The second kappa shape index (κ2) is 8.85. The van der Waals surface area contributed by atoms with Crippen molar-refractivity contribution in [1.82, 2.24) is 10.3 Å². The summed E-state index contributed by atoms with van der Waals surface area (Å²) in [7, 11) is 0. The predicted octanol–water partition coefficient (Wildman–Crippen LogP) is 3.99. The molecule has 0 spiro atoms. The van der Waals surface area contributed by atoms with E-state index in [1.54, 1.807) is 0 Å². The standard InChI is InChI=1S/C21H22N2O/c1-2-6-19(7-3-1)17-24-21-11-9-18(10-12-21)16-22-15-13-20-8-4-5-14-23-20/h1-12,14,22H,13,15-17H2. The molecule has 0 bridgehead atoms. The van der Waals surface area contributed by atoms with Gasteiger partial charge in [0.05, 0.1) is 0 Å². The fraction of sp³-hybridized carbons (Fsp3) is 0.190. The summed E-state index contributed by atoms with van der Waals surface area (Å²) in [5.41, 5.74) is 3.55. The summed E-state index contributed by atoms with van der Waals surface area (Å²) < 4.78 is 5.80. The van der Waals surface area contributed by atoms with Gasteiger partial charge in [-0.2, -0.15) is 0 Å². The Bertz CT molecular complexity index is 712. The number of nitrogens with zero attached hydrogens (tertiary/aromatic N) is 1. The molecule has 122 valence electrons. The second-order valence-electron chi connectivity index (χ2n) is 5.67. The lowest BCUT2D eigenvalue weighted by atomic mass is 10.2. The number of rotatable bonds is 8. The molecule has 0 aliphatic rings. The Balaban J connectivity index is 1.40. The third-order valence-electron chi connectivity index (χ3n) is 3.78. The number of pyridine rings is 1. The molecule has 0 aliphatic carbocycles. The van der Waals surface area contributed by atoms with E-state index in [0.29, 0.717) is 6.61 Å². The molecule has 0 atom stereocenters. The minimum Gasteiger partial charge on any atom is -0.489 e. The first-order valence-corrected chi connectivity index (χ1v) is 8.26. The van der Waals surface area contributed by atoms with Gasteiger partial charge in [-0.3, -0.25) is 4.98 Å². The van der Waals surface area contributed by atoms with E-state index in [9.17, 15) is 0 Å². The Hall–Kier alpha value is -2.65. The Morgan fingerprint density at radius 3 is 2.33 bits per heavy atom. The highest BCUT2D eigenvalue weighted by Crippen LogP contribution is 2.14. The molecule has 3 nitrogen and oxygen atoms in total. The Labute approximate surface area is 143 Å². The van der Waals surface area contributed by atoms with Gasteiger partial charge in [0.25, 0.3) is 0 Å². The van der Waals surface area contributed by atoms with Gasteiger partial charge in [-0.1, -0.05) is 48.5 Å². The molecule has 1 N–H and O–H groups in total. The number of nitrogens with one attached hydrogen (secondary N) is 1. The molecule has 0 unspecified atom stereocenters. The fourth-order valence-corrected chi connectivity index (χ4v) is 2.44. The van der Waals surface area contributed by atoms with E-state index in [1.807, 2.05) is 48.7 Å². The quantitative estimate of drug-likeness (QED) is 0.638. The third kappa shape index (κ3) is 5.21. The molecule has 0 radical (unpaired) electrons. The summed E-state index contributed by atoms with van der Waals surface area (Å²) in [6, 6.07) is 24.5. The van der Waals surface area contributed by atoms with Gasteiger partial charge in [0.2, 0.25) is 0 Å². The minimum atomic E-state index is 0.600. The van der Waals surface area contributed by atoms with Crippen LogP contribution in [0.3, 0.4) is 0 Å². The Kier molecular flexibility index (Phi) is 5.98. The van der Waals surface area contributed by atoms with E-state index >= 15 is 0 Å². The van der Waals surface area contributed by atoms with Crippen molar-refractivity contribution >= 4 is 0 Å². The molecule has 2 aromatic carbocycles. The van der Waals surface area contributed by atoms with Crippen LogP contribution in [0, 0.1) is 0 Å². The second-order valence-corrected chi connectivity index (χ2v) is 5.67. The lowest BCUT2D eigenvalue weighted by Gasteiger charge is -2.08. The SMILES string of the molecule is c1ccc(COc2ccc(CNCCc3ccccn3)cc2)cc1. The van der Waals surface area contributed by atoms with Crippen LogP contribution < -0.4 is 10.1 Å². The molecular formula is C21H22N2O. The Morgan fingerprint density at radius 2 is 1.58 bits per heavy atom. The third-order valence-corrected chi connectivity index (χ3v) is 3.78. The van der Waals surface area contributed by atoms with Gasteiger partial charge in [0.1, 0.15) is 12.4 Å². The van der Waals surface area contributed by atoms with E-state index in [0.717, 1.165) is 31.0 Å². The lowest BCUT2D eigenvalue weighted by Crippen LogP contribution is -2.17. The largest absolute Gasteiger partial charge is 0.489 e. The van der Waals surface area contributed by atoms with Crippen molar-refractivity contribution in [2.75, 3.05) is 6.54 Å². The topological polar surface area (TPSA) is 34.1 Å². The number of aromatic nitrogens is 1. The highest BCUT2D eigenvalue weighted by atomic mass is 16.5. The van der Waals surface area contributed by atoms with Crippen LogP contribution in [0.5, 0.6) is 5.75 Å². The fourth-order valence-electron chi connectivity index (χ4n) is 2.44. The molecule has 0 saturated heterocycles. The summed E-state index contributed by atoms with van der Waals surface area (Å²) >= 11 is 0. The van der Waals surface area contributed by atoms with E-state index in [2.05, 4.69) is 40.6 Å². The van der Waals surface area contributed by atoms with Gasteiger partial charge in [0, 0.05) is 31.4 Å². The van der Waals surface area contributed by atoms with Crippen LogP contribution in [0.4, 0.5) is 0 Å². The molecule has 3 aromatic rings. The lowest BCUT2D eigenvalue weighted by molar-refractivity contribution is 0.306. The molecule has 0 aliphatic heterocycles.